The monoisotopic (exact) mass is 222 g/mol. The summed E-state index contributed by atoms with van der Waals surface area (Å²) in [5.74, 6) is 5.54. The quantitative estimate of drug-likeness (QED) is 0.727. The van der Waals surface area contributed by atoms with Crippen LogP contribution in [-0.2, 0) is 13.0 Å². The van der Waals surface area contributed by atoms with Crippen molar-refractivity contribution in [3.8, 4) is 0 Å². The van der Waals surface area contributed by atoms with E-state index in [1.54, 1.807) is 0 Å². The van der Waals surface area contributed by atoms with Crippen molar-refractivity contribution in [2.75, 3.05) is 11.5 Å². The molecule has 2 aliphatic rings. The lowest BCUT2D eigenvalue weighted by Crippen LogP contribution is -2.20. The zero-order valence-electron chi connectivity index (χ0n) is 9.28. The van der Waals surface area contributed by atoms with Crippen molar-refractivity contribution in [1.82, 2.24) is 9.55 Å². The molecule has 1 aromatic rings. The third kappa shape index (κ3) is 1.71. The van der Waals surface area contributed by atoms with Crippen LogP contribution < -0.4 is 0 Å². The summed E-state index contributed by atoms with van der Waals surface area (Å²) in [5.41, 5.74) is 1.47. The van der Waals surface area contributed by atoms with Gasteiger partial charge in [0.25, 0.3) is 0 Å². The Balaban J connectivity index is 1.92. The molecule has 2 unspecified atom stereocenters. The minimum Gasteiger partial charge on any atom is -0.332 e. The molecule has 2 nitrogen and oxygen atoms in total. The maximum Gasteiger partial charge on any atom is 0.112 e. The standard InChI is InChI=1S/C12H18N2S/c1-9-2-3-11-6-13-12(14(11)7-9)10-4-5-15-8-10/h6,9-10H,2-5,7-8H2,1H3. The van der Waals surface area contributed by atoms with Crippen LogP contribution in [0.1, 0.15) is 37.2 Å². The van der Waals surface area contributed by atoms with Gasteiger partial charge in [0.15, 0.2) is 0 Å². The summed E-state index contributed by atoms with van der Waals surface area (Å²) in [4.78, 5) is 4.66. The lowest BCUT2D eigenvalue weighted by Gasteiger charge is -2.23. The van der Waals surface area contributed by atoms with E-state index >= 15 is 0 Å². The van der Waals surface area contributed by atoms with Gasteiger partial charge in [-0.15, -0.1) is 0 Å². The van der Waals surface area contributed by atoms with Crippen LogP contribution in [0.3, 0.4) is 0 Å². The van der Waals surface area contributed by atoms with Crippen LogP contribution >= 0.6 is 11.8 Å². The van der Waals surface area contributed by atoms with Crippen molar-refractivity contribution < 1.29 is 0 Å². The number of hydrogen-bond donors (Lipinski definition) is 0. The second kappa shape index (κ2) is 3.85. The number of thioether (sulfide) groups is 1. The first-order valence-electron chi connectivity index (χ1n) is 5.96. The number of hydrogen-bond acceptors (Lipinski definition) is 2. The minimum atomic E-state index is 0.731. The largest absolute Gasteiger partial charge is 0.332 e. The highest BCUT2D eigenvalue weighted by Gasteiger charge is 2.26. The molecule has 2 atom stereocenters. The average Bonchev–Trinajstić information content (AvgIpc) is 2.83. The molecule has 0 aromatic carbocycles. The van der Waals surface area contributed by atoms with E-state index in [2.05, 4.69) is 34.4 Å². The van der Waals surface area contributed by atoms with Gasteiger partial charge in [0, 0.05) is 30.1 Å². The van der Waals surface area contributed by atoms with Gasteiger partial charge < -0.3 is 4.57 Å². The molecule has 82 valence electrons. The first-order valence-corrected chi connectivity index (χ1v) is 7.12. The van der Waals surface area contributed by atoms with E-state index in [1.807, 2.05) is 0 Å². The molecule has 0 N–H and O–H groups in total. The fraction of sp³-hybridized carbons (Fsp3) is 0.750. The SMILES string of the molecule is CC1CCc2cnc(C3CCSC3)n2C1. The first-order chi connectivity index (χ1) is 7.34. The maximum atomic E-state index is 4.66. The average molecular weight is 222 g/mol. The van der Waals surface area contributed by atoms with Crippen molar-refractivity contribution in [2.45, 2.75) is 38.6 Å². The van der Waals surface area contributed by atoms with Crippen LogP contribution in [-0.4, -0.2) is 21.1 Å². The van der Waals surface area contributed by atoms with Gasteiger partial charge in [-0.3, -0.25) is 0 Å². The Bertz CT molecular complexity index is 353. The molecule has 3 heterocycles. The maximum absolute atomic E-state index is 4.66. The van der Waals surface area contributed by atoms with E-state index in [-0.39, 0.29) is 0 Å². The number of aromatic nitrogens is 2. The van der Waals surface area contributed by atoms with Gasteiger partial charge in [-0.05, 0) is 30.9 Å². The lowest BCUT2D eigenvalue weighted by molar-refractivity contribution is 0.386. The van der Waals surface area contributed by atoms with E-state index in [0.717, 1.165) is 11.8 Å². The van der Waals surface area contributed by atoms with Gasteiger partial charge >= 0.3 is 0 Å². The van der Waals surface area contributed by atoms with Crippen LogP contribution in [0.2, 0.25) is 0 Å². The van der Waals surface area contributed by atoms with Crippen molar-refractivity contribution in [3.63, 3.8) is 0 Å². The molecule has 0 saturated carbocycles. The molecule has 2 aliphatic heterocycles. The highest BCUT2D eigenvalue weighted by atomic mass is 32.2. The third-order valence-electron chi connectivity index (χ3n) is 3.65. The van der Waals surface area contributed by atoms with E-state index in [0.29, 0.717) is 0 Å². The topological polar surface area (TPSA) is 17.8 Å². The van der Waals surface area contributed by atoms with Gasteiger partial charge in [-0.25, -0.2) is 4.98 Å². The summed E-state index contributed by atoms with van der Waals surface area (Å²) in [6.07, 6.45) is 6.01. The molecule has 1 saturated heterocycles. The lowest BCUT2D eigenvalue weighted by atomic mass is 9.99. The Morgan fingerprint density at radius 1 is 1.47 bits per heavy atom. The minimum absolute atomic E-state index is 0.731. The van der Waals surface area contributed by atoms with Crippen molar-refractivity contribution >= 4 is 11.8 Å². The van der Waals surface area contributed by atoms with Crippen LogP contribution in [0.4, 0.5) is 0 Å². The van der Waals surface area contributed by atoms with Crippen LogP contribution in [0.15, 0.2) is 6.20 Å². The summed E-state index contributed by atoms with van der Waals surface area (Å²) >= 11 is 2.08. The van der Waals surface area contributed by atoms with Gasteiger partial charge in [0.1, 0.15) is 5.82 Å². The number of nitrogens with zero attached hydrogens (tertiary/aromatic N) is 2. The molecule has 0 bridgehead atoms. The molecule has 1 aromatic heterocycles. The Labute approximate surface area is 95.5 Å². The molecule has 1 fully saturated rings. The van der Waals surface area contributed by atoms with E-state index < -0.39 is 0 Å². The highest BCUT2D eigenvalue weighted by Crippen LogP contribution is 2.33. The van der Waals surface area contributed by atoms with Crippen molar-refractivity contribution in [3.05, 3.63) is 17.7 Å². The smallest absolute Gasteiger partial charge is 0.112 e. The van der Waals surface area contributed by atoms with Crippen LogP contribution in [0, 0.1) is 5.92 Å². The van der Waals surface area contributed by atoms with Gasteiger partial charge in [-0.1, -0.05) is 6.92 Å². The Kier molecular flexibility index (Phi) is 2.51. The summed E-state index contributed by atoms with van der Waals surface area (Å²) in [6, 6.07) is 0. The first kappa shape index (κ1) is 9.76. The van der Waals surface area contributed by atoms with Crippen molar-refractivity contribution in [2.24, 2.45) is 5.92 Å². The second-order valence-electron chi connectivity index (χ2n) is 4.92. The number of fused-ring (bicyclic) bond motifs is 1. The normalized spacial score (nSPS) is 30.5. The molecule has 0 aliphatic carbocycles. The molecular formula is C12H18N2S. The predicted molar refractivity (Wildman–Crippen MR) is 64.4 cm³/mol. The van der Waals surface area contributed by atoms with Gasteiger partial charge in [0.05, 0.1) is 0 Å². The predicted octanol–water partition coefficient (Wildman–Crippen LogP) is 2.69. The Morgan fingerprint density at radius 2 is 2.40 bits per heavy atom. The molecule has 0 spiro atoms. The molecular weight excluding hydrogens is 204 g/mol. The van der Waals surface area contributed by atoms with E-state index in [1.165, 1.54) is 48.8 Å². The second-order valence-corrected chi connectivity index (χ2v) is 6.07. The van der Waals surface area contributed by atoms with E-state index in [4.69, 9.17) is 0 Å². The van der Waals surface area contributed by atoms with Crippen LogP contribution in [0.5, 0.6) is 0 Å². The highest BCUT2D eigenvalue weighted by molar-refractivity contribution is 7.99. The number of aryl methyl sites for hydroxylation is 1. The zero-order valence-corrected chi connectivity index (χ0v) is 10.1. The zero-order chi connectivity index (χ0) is 10.3. The summed E-state index contributed by atoms with van der Waals surface area (Å²) < 4.78 is 2.50. The van der Waals surface area contributed by atoms with Crippen molar-refractivity contribution in [1.29, 1.82) is 0 Å². The number of imidazole rings is 1. The summed E-state index contributed by atoms with van der Waals surface area (Å²) in [5, 5.41) is 0. The van der Waals surface area contributed by atoms with Crippen LogP contribution in [0.25, 0.3) is 0 Å². The molecule has 15 heavy (non-hydrogen) atoms. The van der Waals surface area contributed by atoms with E-state index in [9.17, 15) is 0 Å². The fourth-order valence-electron chi connectivity index (χ4n) is 2.70. The van der Waals surface area contributed by atoms with Gasteiger partial charge in [0.2, 0.25) is 0 Å². The summed E-state index contributed by atoms with van der Waals surface area (Å²) in [6.45, 7) is 3.56. The molecule has 3 rings (SSSR count). The Morgan fingerprint density at radius 3 is 3.20 bits per heavy atom. The fourth-order valence-corrected chi connectivity index (χ4v) is 3.92. The van der Waals surface area contributed by atoms with Gasteiger partial charge in [-0.2, -0.15) is 11.8 Å². The molecule has 0 amide bonds. The number of rotatable bonds is 1. The molecule has 3 heteroatoms. The summed E-state index contributed by atoms with van der Waals surface area (Å²) in [7, 11) is 0. The molecule has 0 radical (unpaired) electrons. The Hall–Kier alpha value is -0.440. The third-order valence-corrected chi connectivity index (χ3v) is 4.81.